The van der Waals surface area contributed by atoms with Crippen LogP contribution in [0.25, 0.3) is 0 Å². The Bertz CT molecular complexity index is 540. The van der Waals surface area contributed by atoms with Crippen molar-refractivity contribution in [3.8, 4) is 0 Å². The number of amides is 2. The predicted molar refractivity (Wildman–Crippen MR) is 95.4 cm³/mol. The van der Waals surface area contributed by atoms with E-state index in [4.69, 9.17) is 11.6 Å². The van der Waals surface area contributed by atoms with Gasteiger partial charge in [0.2, 0.25) is 5.91 Å². The van der Waals surface area contributed by atoms with Gasteiger partial charge in [-0.05, 0) is 30.7 Å². The predicted octanol–water partition coefficient (Wildman–Crippen LogP) is 1.03. The van der Waals surface area contributed by atoms with Crippen molar-refractivity contribution < 1.29 is 14.5 Å². The number of benzene rings is 1. The third-order valence-corrected chi connectivity index (χ3v) is 4.66. The molecule has 0 aliphatic carbocycles. The number of halogens is 1. The highest BCUT2D eigenvalue weighted by Gasteiger charge is 2.22. The lowest BCUT2D eigenvalue weighted by Gasteiger charge is -2.29. The summed E-state index contributed by atoms with van der Waals surface area (Å²) in [5.74, 6) is -0.175. The van der Waals surface area contributed by atoms with Crippen LogP contribution in [0.2, 0.25) is 5.02 Å². The SMILES string of the molecule is CCC[NH+]1CCC(NC(=O)CCNC(=O)c2ccc(Cl)cc2)CC1. The van der Waals surface area contributed by atoms with E-state index in [-0.39, 0.29) is 17.9 Å². The molecule has 24 heavy (non-hydrogen) atoms. The maximum Gasteiger partial charge on any atom is 0.251 e. The van der Waals surface area contributed by atoms with Crippen molar-refractivity contribution in [3.05, 3.63) is 34.9 Å². The highest BCUT2D eigenvalue weighted by atomic mass is 35.5. The molecule has 0 atom stereocenters. The fraction of sp³-hybridized carbons (Fsp3) is 0.556. The lowest BCUT2D eigenvalue weighted by atomic mass is 10.0. The molecule has 1 aromatic carbocycles. The minimum atomic E-state index is -0.184. The van der Waals surface area contributed by atoms with Gasteiger partial charge in [0.05, 0.1) is 19.6 Å². The van der Waals surface area contributed by atoms with Crippen LogP contribution in [0.5, 0.6) is 0 Å². The summed E-state index contributed by atoms with van der Waals surface area (Å²) in [7, 11) is 0. The Labute approximate surface area is 148 Å². The second kappa shape index (κ2) is 9.64. The molecule has 1 saturated heterocycles. The first-order valence-corrected chi connectivity index (χ1v) is 9.13. The van der Waals surface area contributed by atoms with Crippen molar-refractivity contribution in [1.29, 1.82) is 0 Å². The standard InChI is InChI=1S/C18H26ClN3O2/c1-2-11-22-12-8-16(9-13-22)21-17(23)7-10-20-18(24)14-3-5-15(19)6-4-14/h3-6,16H,2,7-13H2,1H3,(H,20,24)(H,21,23)/p+1. The zero-order valence-electron chi connectivity index (χ0n) is 14.2. The van der Waals surface area contributed by atoms with Gasteiger partial charge in [0.1, 0.15) is 0 Å². The average Bonchev–Trinajstić information content (AvgIpc) is 2.57. The number of hydrogen-bond acceptors (Lipinski definition) is 2. The topological polar surface area (TPSA) is 62.6 Å². The summed E-state index contributed by atoms with van der Waals surface area (Å²) < 4.78 is 0. The van der Waals surface area contributed by atoms with Crippen molar-refractivity contribution >= 4 is 23.4 Å². The zero-order chi connectivity index (χ0) is 17.4. The Morgan fingerprint density at radius 3 is 2.50 bits per heavy atom. The van der Waals surface area contributed by atoms with Gasteiger partial charge in [0.15, 0.2) is 0 Å². The minimum Gasteiger partial charge on any atom is -0.353 e. The lowest BCUT2D eigenvalue weighted by molar-refractivity contribution is -0.905. The molecule has 6 heteroatoms. The van der Waals surface area contributed by atoms with Crippen molar-refractivity contribution in [2.24, 2.45) is 0 Å². The molecule has 1 aromatic rings. The Balaban J connectivity index is 1.63. The molecule has 0 saturated carbocycles. The van der Waals surface area contributed by atoms with Crippen molar-refractivity contribution in [2.45, 2.75) is 38.6 Å². The largest absolute Gasteiger partial charge is 0.353 e. The highest BCUT2D eigenvalue weighted by molar-refractivity contribution is 6.30. The molecule has 1 fully saturated rings. The van der Waals surface area contributed by atoms with E-state index >= 15 is 0 Å². The van der Waals surface area contributed by atoms with Gasteiger partial charge in [-0.2, -0.15) is 0 Å². The fourth-order valence-electron chi connectivity index (χ4n) is 3.07. The monoisotopic (exact) mass is 352 g/mol. The second-order valence-corrected chi connectivity index (χ2v) is 6.79. The van der Waals surface area contributed by atoms with E-state index in [9.17, 15) is 9.59 Å². The number of nitrogens with one attached hydrogen (secondary N) is 3. The molecule has 1 aliphatic rings. The van der Waals surface area contributed by atoms with Crippen LogP contribution in [0.4, 0.5) is 0 Å². The molecule has 5 nitrogen and oxygen atoms in total. The minimum absolute atomic E-state index is 0.00958. The molecule has 132 valence electrons. The second-order valence-electron chi connectivity index (χ2n) is 6.35. The van der Waals surface area contributed by atoms with Gasteiger partial charge in [0, 0.05) is 42.4 Å². The molecule has 2 rings (SSSR count). The van der Waals surface area contributed by atoms with Gasteiger partial charge in [-0.3, -0.25) is 9.59 Å². The van der Waals surface area contributed by atoms with Crippen LogP contribution >= 0.6 is 11.6 Å². The van der Waals surface area contributed by atoms with Gasteiger partial charge in [-0.15, -0.1) is 0 Å². The fourth-order valence-corrected chi connectivity index (χ4v) is 3.19. The summed E-state index contributed by atoms with van der Waals surface area (Å²) >= 11 is 5.80. The van der Waals surface area contributed by atoms with Gasteiger partial charge in [-0.1, -0.05) is 18.5 Å². The molecule has 0 radical (unpaired) electrons. The van der Waals surface area contributed by atoms with Crippen LogP contribution in [0.1, 0.15) is 43.0 Å². The summed E-state index contributed by atoms with van der Waals surface area (Å²) in [6.07, 6.45) is 3.59. The summed E-state index contributed by atoms with van der Waals surface area (Å²) in [6.45, 7) is 6.03. The number of carbonyl (C=O) groups excluding carboxylic acids is 2. The van der Waals surface area contributed by atoms with E-state index in [1.54, 1.807) is 29.2 Å². The molecular formula is C18H27ClN3O2+. The quantitative estimate of drug-likeness (QED) is 0.686. The maximum atomic E-state index is 12.0. The first kappa shape index (κ1) is 18.7. The molecule has 1 aliphatic heterocycles. The first-order chi connectivity index (χ1) is 11.6. The van der Waals surface area contributed by atoms with Crippen LogP contribution in [0.3, 0.4) is 0 Å². The van der Waals surface area contributed by atoms with Gasteiger partial charge in [0.25, 0.3) is 5.91 Å². The van der Waals surface area contributed by atoms with Crippen molar-refractivity contribution in [2.75, 3.05) is 26.2 Å². The van der Waals surface area contributed by atoms with E-state index in [2.05, 4.69) is 17.6 Å². The summed E-state index contributed by atoms with van der Waals surface area (Å²) in [5.41, 5.74) is 0.547. The number of rotatable bonds is 7. The van der Waals surface area contributed by atoms with E-state index in [0.717, 1.165) is 25.9 Å². The van der Waals surface area contributed by atoms with E-state index in [1.807, 2.05) is 0 Å². The normalized spacial score (nSPS) is 20.4. The van der Waals surface area contributed by atoms with Gasteiger partial charge in [-0.25, -0.2) is 0 Å². The zero-order valence-corrected chi connectivity index (χ0v) is 15.0. The van der Waals surface area contributed by atoms with E-state index in [0.29, 0.717) is 23.6 Å². The number of piperidine rings is 1. The van der Waals surface area contributed by atoms with Gasteiger partial charge >= 0.3 is 0 Å². The van der Waals surface area contributed by atoms with Crippen molar-refractivity contribution in [1.82, 2.24) is 10.6 Å². The number of quaternary nitrogens is 1. The summed E-state index contributed by atoms with van der Waals surface area (Å²) in [5, 5.41) is 6.44. The van der Waals surface area contributed by atoms with E-state index < -0.39 is 0 Å². The molecule has 0 unspecified atom stereocenters. The Kier molecular flexibility index (Phi) is 7.53. The lowest BCUT2D eigenvalue weighted by Crippen LogP contribution is -3.13. The summed E-state index contributed by atoms with van der Waals surface area (Å²) in [6, 6.07) is 6.98. The third-order valence-electron chi connectivity index (χ3n) is 4.41. The first-order valence-electron chi connectivity index (χ1n) is 8.75. The number of likely N-dealkylation sites (tertiary alicyclic amines) is 1. The van der Waals surface area contributed by atoms with Crippen molar-refractivity contribution in [3.63, 3.8) is 0 Å². The smallest absolute Gasteiger partial charge is 0.251 e. The van der Waals surface area contributed by atoms with Crippen LogP contribution in [0.15, 0.2) is 24.3 Å². The van der Waals surface area contributed by atoms with E-state index in [1.165, 1.54) is 13.0 Å². The average molecular weight is 353 g/mol. The highest BCUT2D eigenvalue weighted by Crippen LogP contribution is 2.09. The molecule has 0 bridgehead atoms. The Morgan fingerprint density at radius 1 is 1.21 bits per heavy atom. The van der Waals surface area contributed by atoms with Crippen LogP contribution in [-0.2, 0) is 4.79 Å². The molecule has 0 spiro atoms. The molecule has 0 aromatic heterocycles. The number of hydrogen-bond donors (Lipinski definition) is 3. The Morgan fingerprint density at radius 2 is 1.88 bits per heavy atom. The third kappa shape index (κ3) is 6.13. The van der Waals surface area contributed by atoms with Gasteiger partial charge < -0.3 is 15.5 Å². The van der Waals surface area contributed by atoms with Crippen LogP contribution in [0, 0.1) is 0 Å². The molecule has 2 amide bonds. The maximum absolute atomic E-state index is 12.0. The Hall–Kier alpha value is -1.59. The molecule has 3 N–H and O–H groups in total. The molecule has 1 heterocycles. The summed E-state index contributed by atoms with van der Waals surface area (Å²) in [4.78, 5) is 25.6. The molecular weight excluding hydrogens is 326 g/mol. The van der Waals surface area contributed by atoms with Crippen LogP contribution < -0.4 is 15.5 Å². The van der Waals surface area contributed by atoms with Crippen LogP contribution in [-0.4, -0.2) is 44.0 Å². The number of carbonyl (C=O) groups is 2.